The second kappa shape index (κ2) is 4.84. The molecule has 1 aromatic carbocycles. The molecule has 6 heteroatoms. The molecular formula is C14H13ClN2O2S. The van der Waals surface area contributed by atoms with Crippen LogP contribution in [0.5, 0.6) is 0 Å². The Bertz CT molecular complexity index is 749. The minimum Gasteiger partial charge on any atom is -0.260 e. The van der Waals surface area contributed by atoms with Crippen molar-refractivity contribution < 1.29 is 8.42 Å². The first-order chi connectivity index (χ1) is 9.50. The zero-order valence-corrected chi connectivity index (χ0v) is 12.4. The predicted molar refractivity (Wildman–Crippen MR) is 76.9 cm³/mol. The van der Waals surface area contributed by atoms with Crippen molar-refractivity contribution in [2.75, 3.05) is 0 Å². The number of hydrogen-bond acceptors (Lipinski definition) is 3. The molecule has 0 bridgehead atoms. The van der Waals surface area contributed by atoms with E-state index in [0.29, 0.717) is 23.7 Å². The first-order valence-corrected chi connectivity index (χ1v) is 8.00. The van der Waals surface area contributed by atoms with Gasteiger partial charge in [0.15, 0.2) is 0 Å². The van der Waals surface area contributed by atoms with Gasteiger partial charge in [0.1, 0.15) is 0 Å². The third kappa shape index (κ3) is 2.12. The second-order valence-corrected chi connectivity index (χ2v) is 7.06. The minimum absolute atomic E-state index is 0.262. The number of hydrogen-bond donors (Lipinski definition) is 0. The van der Waals surface area contributed by atoms with Gasteiger partial charge in [-0.3, -0.25) is 4.98 Å². The van der Waals surface area contributed by atoms with E-state index in [0.717, 1.165) is 11.3 Å². The molecule has 0 aliphatic carbocycles. The molecule has 2 aromatic rings. The third-order valence-electron chi connectivity index (χ3n) is 3.49. The van der Waals surface area contributed by atoms with Crippen molar-refractivity contribution in [3.8, 4) is 0 Å². The Morgan fingerprint density at radius 3 is 2.75 bits per heavy atom. The molecule has 4 nitrogen and oxygen atoms in total. The standard InChI is InChI=1S/C14H13ClN2O2S/c1-10-12(15)5-2-6-14(10)20(18,19)17-8-11-4-3-7-16-13(11)9-17/h2-7H,8-9H2,1H3. The summed E-state index contributed by atoms with van der Waals surface area (Å²) >= 11 is 6.02. The van der Waals surface area contributed by atoms with E-state index in [1.807, 2.05) is 12.1 Å². The summed E-state index contributed by atoms with van der Waals surface area (Å²) in [6.45, 7) is 2.39. The highest BCUT2D eigenvalue weighted by Crippen LogP contribution is 2.30. The summed E-state index contributed by atoms with van der Waals surface area (Å²) in [4.78, 5) is 4.49. The van der Waals surface area contributed by atoms with Crippen LogP contribution in [0.4, 0.5) is 0 Å². The molecule has 1 aliphatic rings. The Labute approximate surface area is 123 Å². The second-order valence-electron chi connectivity index (χ2n) is 4.75. The number of nitrogens with zero attached hydrogens (tertiary/aromatic N) is 2. The van der Waals surface area contributed by atoms with Gasteiger partial charge in [-0.25, -0.2) is 8.42 Å². The summed E-state index contributed by atoms with van der Waals surface area (Å²) < 4.78 is 26.9. The maximum atomic E-state index is 12.7. The first kappa shape index (κ1) is 13.5. The molecule has 0 atom stereocenters. The van der Waals surface area contributed by atoms with Crippen LogP contribution in [0.2, 0.25) is 5.02 Å². The average molecular weight is 309 g/mol. The van der Waals surface area contributed by atoms with Gasteiger partial charge in [0.2, 0.25) is 10.0 Å². The third-order valence-corrected chi connectivity index (χ3v) is 5.84. The lowest BCUT2D eigenvalue weighted by Crippen LogP contribution is -2.26. The number of halogens is 1. The monoisotopic (exact) mass is 308 g/mol. The normalized spacial score (nSPS) is 15.3. The fourth-order valence-corrected chi connectivity index (χ4v) is 4.20. The molecule has 1 aliphatic heterocycles. The maximum absolute atomic E-state index is 12.7. The molecule has 0 saturated carbocycles. The molecule has 0 fully saturated rings. The lowest BCUT2D eigenvalue weighted by molar-refractivity contribution is 0.429. The highest BCUT2D eigenvalue weighted by atomic mass is 35.5. The van der Waals surface area contributed by atoms with E-state index in [4.69, 9.17) is 11.6 Å². The Hall–Kier alpha value is -1.43. The van der Waals surface area contributed by atoms with Gasteiger partial charge >= 0.3 is 0 Å². The maximum Gasteiger partial charge on any atom is 0.244 e. The molecule has 104 valence electrons. The van der Waals surface area contributed by atoms with Crippen LogP contribution in [0, 0.1) is 6.92 Å². The Morgan fingerprint density at radius 1 is 1.20 bits per heavy atom. The molecule has 0 unspecified atom stereocenters. The SMILES string of the molecule is Cc1c(Cl)cccc1S(=O)(=O)N1Cc2cccnc2C1. The Balaban J connectivity index is 2.01. The lowest BCUT2D eigenvalue weighted by atomic mass is 10.2. The zero-order valence-electron chi connectivity index (χ0n) is 10.9. The number of sulfonamides is 1. The van der Waals surface area contributed by atoms with Gasteiger partial charge in [0.05, 0.1) is 17.1 Å². The van der Waals surface area contributed by atoms with E-state index in [9.17, 15) is 8.42 Å². The summed E-state index contributed by atoms with van der Waals surface area (Å²) in [7, 11) is -3.55. The summed E-state index contributed by atoms with van der Waals surface area (Å²) in [6, 6.07) is 8.66. The van der Waals surface area contributed by atoms with Crippen molar-refractivity contribution in [2.45, 2.75) is 24.9 Å². The molecule has 3 rings (SSSR count). The molecule has 0 amide bonds. The zero-order chi connectivity index (χ0) is 14.3. The number of aromatic nitrogens is 1. The lowest BCUT2D eigenvalue weighted by Gasteiger charge is -2.17. The van der Waals surface area contributed by atoms with Crippen LogP contribution < -0.4 is 0 Å². The van der Waals surface area contributed by atoms with Crippen LogP contribution in [-0.2, 0) is 23.1 Å². The van der Waals surface area contributed by atoms with Crippen LogP contribution in [-0.4, -0.2) is 17.7 Å². The van der Waals surface area contributed by atoms with Gasteiger partial charge in [-0.1, -0.05) is 23.7 Å². The van der Waals surface area contributed by atoms with Crippen molar-refractivity contribution in [3.63, 3.8) is 0 Å². The van der Waals surface area contributed by atoms with E-state index < -0.39 is 10.0 Å². The van der Waals surface area contributed by atoms with Crippen LogP contribution in [0.3, 0.4) is 0 Å². The number of rotatable bonds is 2. The van der Waals surface area contributed by atoms with Gasteiger partial charge in [-0.05, 0) is 36.2 Å². The van der Waals surface area contributed by atoms with E-state index in [1.54, 1.807) is 31.3 Å². The summed E-state index contributed by atoms with van der Waals surface area (Å²) in [5, 5.41) is 0.459. The van der Waals surface area contributed by atoms with Crippen molar-refractivity contribution in [3.05, 3.63) is 58.4 Å². The Kier molecular flexibility index (Phi) is 3.28. The van der Waals surface area contributed by atoms with Crippen LogP contribution >= 0.6 is 11.6 Å². The smallest absolute Gasteiger partial charge is 0.244 e. The van der Waals surface area contributed by atoms with E-state index in [-0.39, 0.29) is 4.90 Å². The molecular weight excluding hydrogens is 296 g/mol. The molecule has 0 N–H and O–H groups in total. The summed E-state index contributed by atoms with van der Waals surface area (Å²) in [5.41, 5.74) is 2.35. The van der Waals surface area contributed by atoms with Gasteiger partial charge in [-0.2, -0.15) is 4.31 Å². The van der Waals surface area contributed by atoms with E-state index >= 15 is 0 Å². The van der Waals surface area contributed by atoms with Gasteiger partial charge in [-0.15, -0.1) is 0 Å². The average Bonchev–Trinajstić information content (AvgIpc) is 2.86. The Morgan fingerprint density at radius 2 is 2.00 bits per heavy atom. The first-order valence-electron chi connectivity index (χ1n) is 6.18. The predicted octanol–water partition coefficient (Wildman–Crippen LogP) is 2.75. The molecule has 0 spiro atoms. The van der Waals surface area contributed by atoms with Crippen LogP contribution in [0.25, 0.3) is 0 Å². The van der Waals surface area contributed by atoms with Crippen LogP contribution in [0.1, 0.15) is 16.8 Å². The highest BCUT2D eigenvalue weighted by molar-refractivity contribution is 7.89. The largest absolute Gasteiger partial charge is 0.260 e. The molecule has 2 heterocycles. The van der Waals surface area contributed by atoms with Gasteiger partial charge in [0.25, 0.3) is 0 Å². The summed E-state index contributed by atoms with van der Waals surface area (Å²) in [6.07, 6.45) is 1.68. The molecule has 0 radical (unpaired) electrons. The number of pyridine rings is 1. The quantitative estimate of drug-likeness (QED) is 0.857. The topological polar surface area (TPSA) is 50.3 Å². The van der Waals surface area contributed by atoms with Gasteiger partial charge in [0, 0.05) is 17.8 Å². The fourth-order valence-electron chi connectivity index (χ4n) is 2.35. The fraction of sp³-hybridized carbons (Fsp3) is 0.214. The van der Waals surface area contributed by atoms with Crippen molar-refractivity contribution in [1.29, 1.82) is 0 Å². The number of fused-ring (bicyclic) bond motifs is 1. The van der Waals surface area contributed by atoms with Crippen LogP contribution in [0.15, 0.2) is 41.4 Å². The van der Waals surface area contributed by atoms with Gasteiger partial charge < -0.3 is 0 Å². The molecule has 0 saturated heterocycles. The molecule has 20 heavy (non-hydrogen) atoms. The molecule has 1 aromatic heterocycles. The van der Waals surface area contributed by atoms with Crippen molar-refractivity contribution in [1.82, 2.24) is 9.29 Å². The van der Waals surface area contributed by atoms with E-state index in [1.165, 1.54) is 4.31 Å². The van der Waals surface area contributed by atoms with Crippen molar-refractivity contribution in [2.24, 2.45) is 0 Å². The number of benzene rings is 1. The van der Waals surface area contributed by atoms with E-state index in [2.05, 4.69) is 4.98 Å². The highest BCUT2D eigenvalue weighted by Gasteiger charge is 2.32. The minimum atomic E-state index is -3.55. The summed E-state index contributed by atoms with van der Waals surface area (Å²) in [5.74, 6) is 0. The van der Waals surface area contributed by atoms with Crippen molar-refractivity contribution >= 4 is 21.6 Å².